The Morgan fingerprint density at radius 1 is 0.955 bits per heavy atom. The molecule has 0 spiro atoms. The van der Waals surface area contributed by atoms with Crippen molar-refractivity contribution in [1.82, 2.24) is 0 Å². The van der Waals surface area contributed by atoms with Crippen LogP contribution in [-0.2, 0) is 0 Å². The molecule has 0 unspecified atom stereocenters. The van der Waals surface area contributed by atoms with Gasteiger partial charge in [-0.05, 0) is 23.1 Å². The molecule has 2 aromatic carbocycles. The van der Waals surface area contributed by atoms with Gasteiger partial charge in [-0.15, -0.1) is 17.0 Å². The molecule has 2 rings (SSSR count). The Bertz CT molecular complexity index is 685. The molecule has 5 nitrogen and oxygen atoms in total. The molecule has 0 fully saturated rings. The van der Waals surface area contributed by atoms with Crippen LogP contribution in [0.1, 0.15) is 15.9 Å². The zero-order chi connectivity index (χ0) is 14.9. The summed E-state index contributed by atoms with van der Waals surface area (Å²) in [5.74, 6) is 0.0917. The zero-order valence-corrected chi connectivity index (χ0v) is 13.5. The maximum atomic E-state index is 11.1. The van der Waals surface area contributed by atoms with Crippen molar-refractivity contribution in [3.8, 4) is 17.2 Å². The molecular formula is C15H14Li2O5. The van der Waals surface area contributed by atoms with E-state index in [1.54, 1.807) is 6.07 Å². The van der Waals surface area contributed by atoms with Crippen molar-refractivity contribution in [2.75, 3.05) is 21.3 Å². The van der Waals surface area contributed by atoms with Crippen LogP contribution in [0, 0.1) is 6.92 Å². The van der Waals surface area contributed by atoms with Crippen LogP contribution >= 0.6 is 0 Å². The molecule has 0 atom stereocenters. The molecule has 0 aromatic heterocycles. The van der Waals surface area contributed by atoms with Gasteiger partial charge in [-0.1, -0.05) is 0 Å². The number of carboxylic acids is 1. The number of fused-ring (bicyclic) bond motifs is 1. The molecule has 0 saturated carbocycles. The van der Waals surface area contributed by atoms with E-state index in [1.807, 2.05) is 0 Å². The van der Waals surface area contributed by atoms with Gasteiger partial charge < -0.3 is 24.1 Å². The molecule has 22 heavy (non-hydrogen) atoms. The molecular weight excluding hydrogens is 274 g/mol. The first kappa shape index (κ1) is 20.6. The number of carboxylic acid groups (broad SMARTS) is 1. The SMILES string of the molecule is [CH2-]c1c(OC)c(OC)cc2c(OC)cc(C(=O)[O-])cc12.[Li+].[Li+]. The van der Waals surface area contributed by atoms with Crippen molar-refractivity contribution in [2.24, 2.45) is 0 Å². The monoisotopic (exact) mass is 288 g/mol. The fourth-order valence-corrected chi connectivity index (χ4v) is 2.16. The van der Waals surface area contributed by atoms with Gasteiger partial charge in [-0.25, -0.2) is 0 Å². The van der Waals surface area contributed by atoms with Gasteiger partial charge in [0.2, 0.25) is 0 Å². The quantitative estimate of drug-likeness (QED) is 0.418. The Kier molecular flexibility index (Phi) is 7.80. The number of hydrogen-bond acceptors (Lipinski definition) is 5. The average molecular weight is 288 g/mol. The number of carbonyl (C=O) groups excluding carboxylic acids is 1. The summed E-state index contributed by atoms with van der Waals surface area (Å²) in [5.41, 5.74) is 0.551. The molecule has 0 amide bonds. The third kappa shape index (κ3) is 3.51. The van der Waals surface area contributed by atoms with Gasteiger partial charge in [0.1, 0.15) is 11.5 Å². The van der Waals surface area contributed by atoms with Gasteiger partial charge in [-0.3, -0.25) is 0 Å². The first-order chi connectivity index (χ1) is 9.53. The molecule has 0 N–H and O–H groups in total. The van der Waals surface area contributed by atoms with E-state index in [0.29, 0.717) is 33.6 Å². The van der Waals surface area contributed by atoms with Crippen molar-refractivity contribution in [3.05, 3.63) is 36.2 Å². The molecule has 0 saturated heterocycles. The van der Waals surface area contributed by atoms with Crippen LogP contribution in [0.2, 0.25) is 0 Å². The second-order valence-electron chi connectivity index (χ2n) is 4.15. The third-order valence-corrected chi connectivity index (χ3v) is 3.12. The standard InChI is InChI=1S/C15H15O5.2Li/c1-8-10-5-9(15(16)17)6-12(18-2)11(10)7-13(19-3)14(8)20-4;;/h5-7H,1H2,2-4H3,(H,16,17);;/q-1;2*+1/p-1. The van der Waals surface area contributed by atoms with Gasteiger partial charge in [0.25, 0.3) is 0 Å². The van der Waals surface area contributed by atoms with E-state index in [0.717, 1.165) is 0 Å². The topological polar surface area (TPSA) is 67.8 Å². The van der Waals surface area contributed by atoms with E-state index in [4.69, 9.17) is 14.2 Å². The number of benzene rings is 2. The Labute approximate surface area is 153 Å². The maximum absolute atomic E-state index is 11.1. The third-order valence-electron chi connectivity index (χ3n) is 3.12. The summed E-state index contributed by atoms with van der Waals surface area (Å²) in [5, 5.41) is 12.4. The van der Waals surface area contributed by atoms with Gasteiger partial charge in [-0.2, -0.15) is 6.92 Å². The molecule has 0 aliphatic carbocycles. The number of ether oxygens (including phenoxy) is 3. The second-order valence-corrected chi connectivity index (χ2v) is 4.15. The molecule has 106 valence electrons. The number of hydrogen-bond donors (Lipinski definition) is 0. The summed E-state index contributed by atoms with van der Waals surface area (Å²) in [7, 11) is 4.48. The molecule has 0 heterocycles. The Morgan fingerprint density at radius 3 is 2.00 bits per heavy atom. The van der Waals surface area contributed by atoms with E-state index in [-0.39, 0.29) is 43.3 Å². The van der Waals surface area contributed by atoms with Crippen LogP contribution in [0.5, 0.6) is 17.2 Å². The predicted octanol–water partition coefficient (Wildman–Crippen LogP) is -4.58. The number of methoxy groups -OCH3 is 3. The largest absolute Gasteiger partial charge is 1.00 e. The Balaban J connectivity index is 0.00000220. The van der Waals surface area contributed by atoms with Crippen LogP contribution in [0.25, 0.3) is 10.8 Å². The van der Waals surface area contributed by atoms with Crippen LogP contribution in [0.3, 0.4) is 0 Å². The fourth-order valence-electron chi connectivity index (χ4n) is 2.16. The van der Waals surface area contributed by atoms with Crippen molar-refractivity contribution >= 4 is 16.7 Å². The molecule has 2 aromatic rings. The van der Waals surface area contributed by atoms with Gasteiger partial charge in [0.05, 0.1) is 33.0 Å². The Morgan fingerprint density at radius 2 is 1.55 bits per heavy atom. The smallest absolute Gasteiger partial charge is 0.550 e. The Hall–Kier alpha value is -1.37. The van der Waals surface area contributed by atoms with Gasteiger partial charge in [0.15, 0.2) is 0 Å². The minimum absolute atomic E-state index is 0. The molecule has 0 aliphatic heterocycles. The van der Waals surface area contributed by atoms with E-state index in [2.05, 4.69) is 6.92 Å². The van der Waals surface area contributed by atoms with Crippen molar-refractivity contribution in [2.45, 2.75) is 0 Å². The normalized spacial score (nSPS) is 9.41. The average Bonchev–Trinajstić information content (AvgIpc) is 2.45. The summed E-state index contributed by atoms with van der Waals surface area (Å²) < 4.78 is 15.7. The summed E-state index contributed by atoms with van der Waals surface area (Å²) in [6.07, 6.45) is 0. The van der Waals surface area contributed by atoms with Gasteiger partial charge in [0, 0.05) is 0 Å². The van der Waals surface area contributed by atoms with E-state index in [9.17, 15) is 9.90 Å². The van der Waals surface area contributed by atoms with Crippen molar-refractivity contribution in [1.29, 1.82) is 0 Å². The summed E-state index contributed by atoms with van der Waals surface area (Å²) >= 11 is 0. The van der Waals surface area contributed by atoms with E-state index in [1.165, 1.54) is 33.5 Å². The number of aromatic carboxylic acids is 1. The van der Waals surface area contributed by atoms with Crippen LogP contribution in [0.4, 0.5) is 0 Å². The number of rotatable bonds is 4. The minimum Gasteiger partial charge on any atom is -0.550 e. The first-order valence-electron chi connectivity index (χ1n) is 5.83. The van der Waals surface area contributed by atoms with E-state index >= 15 is 0 Å². The van der Waals surface area contributed by atoms with Gasteiger partial charge >= 0.3 is 37.7 Å². The van der Waals surface area contributed by atoms with Crippen LogP contribution < -0.4 is 57.0 Å². The summed E-state index contributed by atoms with van der Waals surface area (Å²) in [6, 6.07) is 4.61. The van der Waals surface area contributed by atoms with E-state index < -0.39 is 5.97 Å². The zero-order valence-electron chi connectivity index (χ0n) is 13.5. The van der Waals surface area contributed by atoms with Crippen molar-refractivity contribution < 1.29 is 61.8 Å². The second kappa shape index (κ2) is 8.32. The fraction of sp³-hybridized carbons (Fsp3) is 0.200. The first-order valence-corrected chi connectivity index (χ1v) is 5.83. The predicted molar refractivity (Wildman–Crippen MR) is 72.4 cm³/mol. The molecule has 0 radical (unpaired) electrons. The molecule has 7 heteroatoms. The molecule has 0 bridgehead atoms. The minimum atomic E-state index is -1.28. The molecule has 0 aliphatic rings. The van der Waals surface area contributed by atoms with Crippen LogP contribution in [0.15, 0.2) is 18.2 Å². The maximum Gasteiger partial charge on any atom is 1.00 e. The number of carbonyl (C=O) groups is 1. The summed E-state index contributed by atoms with van der Waals surface area (Å²) in [4.78, 5) is 11.1. The van der Waals surface area contributed by atoms with Crippen LogP contribution in [-0.4, -0.2) is 27.3 Å². The van der Waals surface area contributed by atoms with Crippen molar-refractivity contribution in [3.63, 3.8) is 0 Å². The summed E-state index contributed by atoms with van der Waals surface area (Å²) in [6.45, 7) is 3.93.